The molecule has 22 heavy (non-hydrogen) atoms. The van der Waals surface area contributed by atoms with Crippen LogP contribution in [0.2, 0.25) is 0 Å². The Bertz CT molecular complexity index is 907. The molecule has 6 heteroatoms. The molecule has 0 saturated heterocycles. The van der Waals surface area contributed by atoms with E-state index in [2.05, 4.69) is 5.32 Å². The van der Waals surface area contributed by atoms with E-state index >= 15 is 0 Å². The molecular weight excluding hydrogens is 302 g/mol. The number of carbonyl (C=O) groups is 1. The maximum absolute atomic E-state index is 12.1. The van der Waals surface area contributed by atoms with Gasteiger partial charge in [-0.2, -0.15) is 0 Å². The van der Waals surface area contributed by atoms with Gasteiger partial charge in [0.1, 0.15) is 5.58 Å². The average molecular weight is 315 g/mol. The average Bonchev–Trinajstić information content (AvgIpc) is 2.91. The molecule has 1 aromatic heterocycles. The van der Waals surface area contributed by atoms with Gasteiger partial charge in [-0.25, -0.2) is 8.42 Å². The summed E-state index contributed by atoms with van der Waals surface area (Å²) in [6.45, 7) is 0. The van der Waals surface area contributed by atoms with Crippen molar-refractivity contribution in [2.75, 3.05) is 11.6 Å². The molecule has 0 saturated carbocycles. The van der Waals surface area contributed by atoms with Crippen molar-refractivity contribution in [2.24, 2.45) is 0 Å². The predicted octanol–water partition coefficient (Wildman–Crippen LogP) is 3.09. The van der Waals surface area contributed by atoms with Crippen LogP contribution in [0, 0.1) is 0 Å². The molecule has 1 N–H and O–H groups in total. The number of fused-ring (bicyclic) bond motifs is 1. The first-order valence-corrected chi connectivity index (χ1v) is 8.43. The van der Waals surface area contributed by atoms with E-state index in [0.717, 1.165) is 11.6 Å². The monoisotopic (exact) mass is 315 g/mol. The molecule has 3 aromatic rings. The number of rotatable bonds is 3. The summed E-state index contributed by atoms with van der Waals surface area (Å²) >= 11 is 0. The van der Waals surface area contributed by atoms with Gasteiger partial charge in [-0.1, -0.05) is 18.2 Å². The molecule has 112 valence electrons. The molecule has 3 rings (SSSR count). The van der Waals surface area contributed by atoms with Gasteiger partial charge in [-0.05, 0) is 36.4 Å². The topological polar surface area (TPSA) is 76.4 Å². The fourth-order valence-corrected chi connectivity index (χ4v) is 2.70. The zero-order valence-corrected chi connectivity index (χ0v) is 12.6. The maximum Gasteiger partial charge on any atom is 0.291 e. The Morgan fingerprint density at radius 1 is 1.05 bits per heavy atom. The SMILES string of the molecule is CS(=O)(=O)c1ccc(NC(=O)c2cc3ccccc3o2)cc1. The highest BCUT2D eigenvalue weighted by molar-refractivity contribution is 7.90. The zero-order valence-electron chi connectivity index (χ0n) is 11.7. The summed E-state index contributed by atoms with van der Waals surface area (Å²) in [6.07, 6.45) is 1.13. The summed E-state index contributed by atoms with van der Waals surface area (Å²) in [5.41, 5.74) is 1.14. The summed E-state index contributed by atoms with van der Waals surface area (Å²) in [4.78, 5) is 12.3. The maximum atomic E-state index is 12.1. The highest BCUT2D eigenvalue weighted by Crippen LogP contribution is 2.20. The van der Waals surface area contributed by atoms with Crippen molar-refractivity contribution >= 4 is 32.4 Å². The minimum Gasteiger partial charge on any atom is -0.451 e. The summed E-state index contributed by atoms with van der Waals surface area (Å²) < 4.78 is 28.2. The Morgan fingerprint density at radius 3 is 2.36 bits per heavy atom. The van der Waals surface area contributed by atoms with Gasteiger partial charge in [0, 0.05) is 17.3 Å². The predicted molar refractivity (Wildman–Crippen MR) is 83.7 cm³/mol. The number of amides is 1. The van der Waals surface area contributed by atoms with Crippen molar-refractivity contribution in [1.29, 1.82) is 0 Å². The van der Waals surface area contributed by atoms with Gasteiger partial charge >= 0.3 is 0 Å². The van der Waals surface area contributed by atoms with Gasteiger partial charge in [0.05, 0.1) is 4.90 Å². The molecule has 2 aromatic carbocycles. The second-order valence-electron chi connectivity index (χ2n) is 4.90. The fourth-order valence-electron chi connectivity index (χ4n) is 2.07. The van der Waals surface area contributed by atoms with E-state index in [1.807, 2.05) is 18.2 Å². The van der Waals surface area contributed by atoms with E-state index in [-0.39, 0.29) is 16.6 Å². The van der Waals surface area contributed by atoms with Gasteiger partial charge in [-0.15, -0.1) is 0 Å². The lowest BCUT2D eigenvalue weighted by Gasteiger charge is -2.04. The van der Waals surface area contributed by atoms with E-state index in [0.29, 0.717) is 11.3 Å². The Kier molecular flexibility index (Phi) is 3.46. The summed E-state index contributed by atoms with van der Waals surface area (Å²) in [7, 11) is -3.25. The van der Waals surface area contributed by atoms with E-state index in [9.17, 15) is 13.2 Å². The van der Waals surface area contributed by atoms with Crippen LogP contribution in [0.25, 0.3) is 11.0 Å². The lowest BCUT2D eigenvalue weighted by Crippen LogP contribution is -2.10. The first-order valence-electron chi connectivity index (χ1n) is 6.53. The second-order valence-corrected chi connectivity index (χ2v) is 6.91. The minimum atomic E-state index is -3.25. The van der Waals surface area contributed by atoms with E-state index in [4.69, 9.17) is 4.42 Å². The van der Waals surface area contributed by atoms with Gasteiger partial charge in [0.25, 0.3) is 5.91 Å². The summed E-state index contributed by atoms with van der Waals surface area (Å²) in [6, 6.07) is 15.0. The van der Waals surface area contributed by atoms with Crippen molar-refractivity contribution in [2.45, 2.75) is 4.90 Å². The normalized spacial score (nSPS) is 11.5. The quantitative estimate of drug-likeness (QED) is 0.806. The largest absolute Gasteiger partial charge is 0.451 e. The molecule has 0 unspecified atom stereocenters. The molecule has 0 atom stereocenters. The standard InChI is InChI=1S/C16H13NO4S/c1-22(19,20)13-8-6-12(7-9-13)17-16(18)15-10-11-4-2-3-5-14(11)21-15/h2-10H,1H3,(H,17,18). The molecule has 0 spiro atoms. The molecule has 0 aliphatic rings. The number of anilines is 1. The van der Waals surface area contributed by atoms with Crippen LogP contribution in [0.1, 0.15) is 10.6 Å². The molecule has 1 heterocycles. The highest BCUT2D eigenvalue weighted by Gasteiger charge is 2.13. The summed E-state index contributed by atoms with van der Waals surface area (Å²) in [5.74, 6) is -0.184. The van der Waals surface area contributed by atoms with Crippen LogP contribution >= 0.6 is 0 Å². The summed E-state index contributed by atoms with van der Waals surface area (Å²) in [5, 5.41) is 3.52. The van der Waals surface area contributed by atoms with Gasteiger partial charge < -0.3 is 9.73 Å². The lowest BCUT2D eigenvalue weighted by atomic mass is 10.2. The first-order chi connectivity index (χ1) is 10.4. The van der Waals surface area contributed by atoms with Crippen LogP contribution in [0.4, 0.5) is 5.69 Å². The van der Waals surface area contributed by atoms with Crippen LogP contribution < -0.4 is 5.32 Å². The van der Waals surface area contributed by atoms with Crippen LogP contribution in [-0.2, 0) is 9.84 Å². The van der Waals surface area contributed by atoms with Gasteiger partial charge in [0.15, 0.2) is 15.6 Å². The Morgan fingerprint density at radius 2 is 1.73 bits per heavy atom. The number of carbonyl (C=O) groups excluding carboxylic acids is 1. The van der Waals surface area contributed by atoms with Crippen LogP contribution in [0.3, 0.4) is 0 Å². The van der Waals surface area contributed by atoms with Crippen molar-refractivity contribution in [3.8, 4) is 0 Å². The molecule has 0 radical (unpaired) electrons. The third-order valence-corrected chi connectivity index (χ3v) is 4.32. The molecule has 0 aliphatic carbocycles. The second kappa shape index (κ2) is 5.31. The zero-order chi connectivity index (χ0) is 15.7. The first kappa shape index (κ1) is 14.3. The molecule has 0 bridgehead atoms. The van der Waals surface area contributed by atoms with Crippen molar-refractivity contribution < 1.29 is 17.6 Å². The molecule has 0 fully saturated rings. The van der Waals surface area contributed by atoms with Gasteiger partial charge in [0.2, 0.25) is 0 Å². The number of para-hydroxylation sites is 1. The van der Waals surface area contributed by atoms with Crippen molar-refractivity contribution in [3.63, 3.8) is 0 Å². The number of sulfone groups is 1. The number of hydrogen-bond acceptors (Lipinski definition) is 4. The van der Waals surface area contributed by atoms with E-state index in [1.165, 1.54) is 24.3 Å². The lowest BCUT2D eigenvalue weighted by molar-refractivity contribution is 0.0998. The van der Waals surface area contributed by atoms with E-state index < -0.39 is 9.84 Å². The third-order valence-electron chi connectivity index (χ3n) is 3.19. The molecular formula is C16H13NO4S. The number of hydrogen-bond donors (Lipinski definition) is 1. The van der Waals surface area contributed by atoms with Crippen LogP contribution in [0.5, 0.6) is 0 Å². The van der Waals surface area contributed by atoms with Crippen molar-refractivity contribution in [3.05, 3.63) is 60.4 Å². The Hall–Kier alpha value is -2.60. The Labute approximate surface area is 127 Å². The molecule has 0 aliphatic heterocycles. The van der Waals surface area contributed by atoms with Crippen LogP contribution in [-0.4, -0.2) is 20.6 Å². The smallest absolute Gasteiger partial charge is 0.291 e. The third kappa shape index (κ3) is 2.87. The van der Waals surface area contributed by atoms with Crippen molar-refractivity contribution in [1.82, 2.24) is 0 Å². The number of nitrogens with one attached hydrogen (secondary N) is 1. The fraction of sp³-hybridized carbons (Fsp3) is 0.0625. The molecule has 5 nitrogen and oxygen atoms in total. The minimum absolute atomic E-state index is 0.202. The molecule has 1 amide bonds. The Balaban J connectivity index is 1.82. The highest BCUT2D eigenvalue weighted by atomic mass is 32.2. The number of furan rings is 1. The van der Waals surface area contributed by atoms with Crippen LogP contribution in [0.15, 0.2) is 63.9 Å². The van der Waals surface area contributed by atoms with Gasteiger partial charge in [-0.3, -0.25) is 4.79 Å². The number of benzene rings is 2. The van der Waals surface area contributed by atoms with E-state index in [1.54, 1.807) is 12.1 Å².